The summed E-state index contributed by atoms with van der Waals surface area (Å²) in [4.78, 5) is 10.9. The molecule has 0 aliphatic heterocycles. The molecule has 1 atom stereocenters. The topological polar surface area (TPSA) is 75.3 Å². The highest BCUT2D eigenvalue weighted by molar-refractivity contribution is 7.89. The number of amides is 1. The van der Waals surface area contributed by atoms with E-state index >= 15 is 0 Å². The van der Waals surface area contributed by atoms with Gasteiger partial charge in [-0.15, -0.1) is 11.6 Å². The Morgan fingerprint density at radius 2 is 1.90 bits per heavy atom. The molecule has 7 heteroatoms. The fourth-order valence-corrected chi connectivity index (χ4v) is 3.19. The van der Waals surface area contributed by atoms with Gasteiger partial charge in [0.2, 0.25) is 15.9 Å². The summed E-state index contributed by atoms with van der Waals surface area (Å²) in [5.74, 6) is 0.0945. The van der Waals surface area contributed by atoms with Crippen LogP contribution >= 0.6 is 11.6 Å². The van der Waals surface area contributed by atoms with Crippen LogP contribution in [0.4, 0.5) is 5.69 Å². The molecule has 0 radical (unpaired) electrons. The Bertz CT molecular complexity index is 543. The van der Waals surface area contributed by atoms with Crippen molar-refractivity contribution in [3.63, 3.8) is 0 Å². The molecule has 2 N–H and O–H groups in total. The van der Waals surface area contributed by atoms with Crippen molar-refractivity contribution in [2.45, 2.75) is 20.4 Å². The van der Waals surface area contributed by atoms with Crippen LogP contribution in [0, 0.1) is 5.92 Å². The van der Waals surface area contributed by atoms with E-state index < -0.39 is 10.0 Å². The van der Waals surface area contributed by atoms with Crippen LogP contribution in [0.15, 0.2) is 24.3 Å². The number of halogens is 1. The smallest absolute Gasteiger partial charge is 0.221 e. The average molecular weight is 319 g/mol. The molecule has 20 heavy (non-hydrogen) atoms. The number of nitrogens with one attached hydrogen (secondary N) is 2. The second kappa shape index (κ2) is 7.61. The normalized spacial score (nSPS) is 12.9. The molecular formula is C13H19ClN2O3S. The summed E-state index contributed by atoms with van der Waals surface area (Å²) >= 11 is 5.61. The third-order valence-electron chi connectivity index (χ3n) is 2.54. The van der Waals surface area contributed by atoms with Crippen molar-refractivity contribution in [3.8, 4) is 0 Å². The number of carbonyl (C=O) groups is 1. The van der Waals surface area contributed by atoms with Gasteiger partial charge in [0.15, 0.2) is 0 Å². The van der Waals surface area contributed by atoms with E-state index in [0.717, 1.165) is 5.56 Å². The molecule has 0 spiro atoms. The fraction of sp³-hybridized carbons (Fsp3) is 0.462. The highest BCUT2D eigenvalue weighted by Gasteiger charge is 2.14. The van der Waals surface area contributed by atoms with Crippen molar-refractivity contribution in [1.82, 2.24) is 4.72 Å². The number of hydrogen-bond acceptors (Lipinski definition) is 3. The Morgan fingerprint density at radius 3 is 2.40 bits per heavy atom. The van der Waals surface area contributed by atoms with Gasteiger partial charge in [0.25, 0.3) is 0 Å². The number of sulfonamides is 1. The SMILES string of the molecule is CC(=O)Nc1ccc(CNS(=O)(=O)CC(C)CCl)cc1. The first kappa shape index (κ1) is 16.9. The molecule has 0 fully saturated rings. The number of alkyl halides is 1. The van der Waals surface area contributed by atoms with Crippen molar-refractivity contribution in [2.24, 2.45) is 5.92 Å². The second-order valence-electron chi connectivity index (χ2n) is 4.74. The highest BCUT2D eigenvalue weighted by atomic mass is 35.5. The first-order chi connectivity index (χ1) is 9.32. The number of carbonyl (C=O) groups excluding carboxylic acids is 1. The van der Waals surface area contributed by atoms with Gasteiger partial charge in [-0.2, -0.15) is 0 Å². The van der Waals surface area contributed by atoms with Gasteiger partial charge in [-0.25, -0.2) is 13.1 Å². The maximum Gasteiger partial charge on any atom is 0.221 e. The minimum absolute atomic E-state index is 0.0144. The lowest BCUT2D eigenvalue weighted by atomic mass is 10.2. The largest absolute Gasteiger partial charge is 0.326 e. The van der Waals surface area contributed by atoms with Gasteiger partial charge in [-0.1, -0.05) is 19.1 Å². The molecule has 1 amide bonds. The molecule has 5 nitrogen and oxygen atoms in total. The molecule has 0 aromatic heterocycles. The van der Waals surface area contributed by atoms with Crippen LogP contribution in [-0.2, 0) is 21.4 Å². The maximum absolute atomic E-state index is 11.8. The molecule has 0 aliphatic rings. The Kier molecular flexibility index (Phi) is 6.45. The zero-order chi connectivity index (χ0) is 15.2. The first-order valence-corrected chi connectivity index (χ1v) is 8.41. The summed E-state index contributed by atoms with van der Waals surface area (Å²) in [6.45, 7) is 3.44. The van der Waals surface area contributed by atoms with E-state index in [1.54, 1.807) is 31.2 Å². The van der Waals surface area contributed by atoms with Crippen LogP contribution in [0.2, 0.25) is 0 Å². The lowest BCUT2D eigenvalue weighted by Crippen LogP contribution is -2.29. The molecule has 0 heterocycles. The summed E-state index contributed by atoms with van der Waals surface area (Å²) in [5.41, 5.74) is 1.50. The Hall–Kier alpha value is -1.11. The van der Waals surface area contributed by atoms with E-state index in [1.165, 1.54) is 6.92 Å². The van der Waals surface area contributed by atoms with Crippen molar-refractivity contribution >= 4 is 33.2 Å². The van der Waals surface area contributed by atoms with Crippen LogP contribution in [0.5, 0.6) is 0 Å². The molecular weight excluding hydrogens is 300 g/mol. The highest BCUT2D eigenvalue weighted by Crippen LogP contribution is 2.10. The standard InChI is InChI=1S/C13H19ClN2O3S/c1-10(7-14)9-20(18,19)15-8-12-3-5-13(6-4-12)16-11(2)17/h3-6,10,15H,7-9H2,1-2H3,(H,16,17). The van der Waals surface area contributed by atoms with Gasteiger partial charge in [-0.3, -0.25) is 4.79 Å². The summed E-state index contributed by atoms with van der Waals surface area (Å²) in [6, 6.07) is 6.98. The monoisotopic (exact) mass is 318 g/mol. The Labute approximate surface area is 124 Å². The molecule has 1 rings (SSSR count). The van der Waals surface area contributed by atoms with Crippen LogP contribution in [0.1, 0.15) is 19.4 Å². The van der Waals surface area contributed by atoms with Crippen molar-refractivity contribution in [1.29, 1.82) is 0 Å². The minimum Gasteiger partial charge on any atom is -0.326 e. The van der Waals surface area contributed by atoms with Crippen molar-refractivity contribution in [3.05, 3.63) is 29.8 Å². The number of anilines is 1. The van der Waals surface area contributed by atoms with Crippen LogP contribution < -0.4 is 10.0 Å². The summed E-state index contributed by atoms with van der Waals surface area (Å²) in [7, 11) is -3.32. The van der Waals surface area contributed by atoms with Crippen LogP contribution in [0.25, 0.3) is 0 Å². The summed E-state index contributed by atoms with van der Waals surface area (Å²) < 4.78 is 26.0. The second-order valence-corrected chi connectivity index (χ2v) is 6.90. The number of hydrogen-bond donors (Lipinski definition) is 2. The first-order valence-electron chi connectivity index (χ1n) is 6.22. The molecule has 112 valence electrons. The van der Waals surface area contributed by atoms with E-state index in [0.29, 0.717) is 11.6 Å². The van der Waals surface area contributed by atoms with E-state index in [4.69, 9.17) is 11.6 Å². The molecule has 0 saturated carbocycles. The lowest BCUT2D eigenvalue weighted by molar-refractivity contribution is -0.114. The molecule has 0 bridgehead atoms. The molecule has 1 aromatic carbocycles. The minimum atomic E-state index is -3.32. The van der Waals surface area contributed by atoms with Crippen molar-refractivity contribution < 1.29 is 13.2 Å². The van der Waals surface area contributed by atoms with Crippen LogP contribution in [-0.4, -0.2) is 26.0 Å². The van der Waals surface area contributed by atoms with E-state index in [2.05, 4.69) is 10.0 Å². The summed E-state index contributed by atoms with van der Waals surface area (Å²) in [6.07, 6.45) is 0. The van der Waals surface area contributed by atoms with Gasteiger partial charge in [0.05, 0.1) is 5.75 Å². The van der Waals surface area contributed by atoms with Crippen LogP contribution in [0.3, 0.4) is 0 Å². The summed E-state index contributed by atoms with van der Waals surface area (Å²) in [5, 5.41) is 2.65. The Morgan fingerprint density at radius 1 is 1.30 bits per heavy atom. The zero-order valence-electron chi connectivity index (χ0n) is 11.5. The Balaban J connectivity index is 2.55. The molecule has 1 unspecified atom stereocenters. The van der Waals surface area contributed by atoms with Gasteiger partial charge in [0, 0.05) is 25.0 Å². The number of benzene rings is 1. The molecule has 1 aromatic rings. The quantitative estimate of drug-likeness (QED) is 0.754. The van der Waals surface area contributed by atoms with Gasteiger partial charge in [-0.05, 0) is 23.6 Å². The molecule has 0 aliphatic carbocycles. The third kappa shape index (κ3) is 6.36. The fourth-order valence-electron chi connectivity index (χ4n) is 1.58. The van der Waals surface area contributed by atoms with E-state index in [1.807, 2.05) is 0 Å². The zero-order valence-corrected chi connectivity index (χ0v) is 13.1. The third-order valence-corrected chi connectivity index (χ3v) is 4.66. The van der Waals surface area contributed by atoms with E-state index in [-0.39, 0.29) is 24.1 Å². The lowest BCUT2D eigenvalue weighted by Gasteiger charge is -2.10. The predicted octanol–water partition coefficient (Wildman–Crippen LogP) is 1.94. The van der Waals surface area contributed by atoms with Crippen molar-refractivity contribution in [2.75, 3.05) is 16.9 Å². The predicted molar refractivity (Wildman–Crippen MR) is 81.3 cm³/mol. The van der Waals surface area contributed by atoms with Gasteiger partial charge >= 0.3 is 0 Å². The average Bonchev–Trinajstić information content (AvgIpc) is 2.37. The van der Waals surface area contributed by atoms with Gasteiger partial charge in [0.1, 0.15) is 0 Å². The maximum atomic E-state index is 11.8. The molecule has 0 saturated heterocycles. The number of rotatable bonds is 7. The van der Waals surface area contributed by atoms with E-state index in [9.17, 15) is 13.2 Å². The van der Waals surface area contributed by atoms with Gasteiger partial charge < -0.3 is 5.32 Å².